The number of likely N-dealkylation sites (tertiary alicyclic amines) is 1. The molecule has 1 aliphatic rings. The monoisotopic (exact) mass is 477 g/mol. The minimum Gasteiger partial charge on any atom is -0.309 e. The maximum absolute atomic E-state index is 13.2. The summed E-state index contributed by atoms with van der Waals surface area (Å²) in [5.41, 5.74) is 1.76. The van der Waals surface area contributed by atoms with Crippen molar-refractivity contribution < 1.29 is 9.72 Å². The van der Waals surface area contributed by atoms with Gasteiger partial charge in [0.2, 0.25) is 5.91 Å². The van der Waals surface area contributed by atoms with Crippen molar-refractivity contribution in [2.45, 2.75) is 45.7 Å². The first kappa shape index (κ1) is 24.4. The van der Waals surface area contributed by atoms with Gasteiger partial charge < -0.3 is 9.80 Å². The highest BCUT2D eigenvalue weighted by atomic mass is 16.6. The molecule has 9 nitrogen and oxygen atoms in total. The summed E-state index contributed by atoms with van der Waals surface area (Å²) in [7, 11) is 0. The maximum atomic E-state index is 13.2. The molecule has 0 N–H and O–H groups in total. The molecule has 184 valence electrons. The molecule has 0 unspecified atom stereocenters. The van der Waals surface area contributed by atoms with Crippen LogP contribution in [0.2, 0.25) is 0 Å². The summed E-state index contributed by atoms with van der Waals surface area (Å²) >= 11 is 0. The number of nitro benzene ring substituents is 1. The molecule has 2 aromatic carbocycles. The van der Waals surface area contributed by atoms with Gasteiger partial charge in [0.1, 0.15) is 0 Å². The largest absolute Gasteiger partial charge is 0.333 e. The summed E-state index contributed by atoms with van der Waals surface area (Å²) in [5, 5.41) is 11.6. The third-order valence-electron chi connectivity index (χ3n) is 6.68. The van der Waals surface area contributed by atoms with E-state index in [0.29, 0.717) is 30.7 Å². The molecule has 0 spiro atoms. The number of nitro groups is 1. The normalized spacial score (nSPS) is 14.8. The summed E-state index contributed by atoms with van der Waals surface area (Å²) in [6.45, 7) is 10.1. The molecule has 35 heavy (non-hydrogen) atoms. The Morgan fingerprint density at radius 2 is 1.80 bits per heavy atom. The van der Waals surface area contributed by atoms with Crippen LogP contribution in [0.25, 0.3) is 16.7 Å². The number of rotatable bonds is 8. The molecular weight excluding hydrogens is 446 g/mol. The number of benzene rings is 2. The zero-order valence-corrected chi connectivity index (χ0v) is 20.2. The number of nitrogens with zero attached hydrogens (tertiary/aromatic N) is 5. The molecule has 1 amide bonds. The fourth-order valence-electron chi connectivity index (χ4n) is 4.96. The van der Waals surface area contributed by atoms with Gasteiger partial charge in [0, 0.05) is 56.1 Å². The topological polar surface area (TPSA) is 93.6 Å². The van der Waals surface area contributed by atoms with Gasteiger partial charge in [-0.2, -0.15) is 0 Å². The zero-order valence-electron chi connectivity index (χ0n) is 20.2. The van der Waals surface area contributed by atoms with Crippen molar-refractivity contribution in [3.8, 4) is 0 Å². The molecular formula is C26H31N5O4. The minimum absolute atomic E-state index is 0.108. The lowest BCUT2D eigenvalue weighted by Crippen LogP contribution is -2.48. The van der Waals surface area contributed by atoms with Gasteiger partial charge in [-0.25, -0.2) is 4.79 Å². The summed E-state index contributed by atoms with van der Waals surface area (Å²) < 4.78 is 2.92. The van der Waals surface area contributed by atoms with Crippen molar-refractivity contribution in [2.75, 3.05) is 24.5 Å². The smallest absolute Gasteiger partial charge is 0.309 e. The van der Waals surface area contributed by atoms with Crippen LogP contribution >= 0.6 is 0 Å². The van der Waals surface area contributed by atoms with E-state index in [1.54, 1.807) is 23.6 Å². The molecule has 3 aromatic rings. The van der Waals surface area contributed by atoms with Crippen LogP contribution in [0, 0.1) is 10.1 Å². The quantitative estimate of drug-likeness (QED) is 0.360. The van der Waals surface area contributed by atoms with E-state index < -0.39 is 4.92 Å². The van der Waals surface area contributed by atoms with Gasteiger partial charge in [0.25, 0.3) is 5.69 Å². The Bertz CT molecular complexity index is 1300. The second kappa shape index (κ2) is 10.3. The highest BCUT2D eigenvalue weighted by molar-refractivity contribution is 5.93. The average Bonchev–Trinajstić information content (AvgIpc) is 3.15. The highest BCUT2D eigenvalue weighted by Gasteiger charge is 2.29. The van der Waals surface area contributed by atoms with Crippen LogP contribution in [0.15, 0.2) is 59.9 Å². The van der Waals surface area contributed by atoms with E-state index in [1.807, 2.05) is 42.2 Å². The molecule has 0 saturated carbocycles. The molecule has 1 saturated heterocycles. The minimum atomic E-state index is -0.466. The number of imidazole rings is 1. The lowest BCUT2D eigenvalue weighted by atomic mass is 10.0. The van der Waals surface area contributed by atoms with E-state index in [9.17, 15) is 19.7 Å². The first-order chi connectivity index (χ1) is 16.8. The number of hydrogen-bond donors (Lipinski definition) is 0. The predicted molar refractivity (Wildman–Crippen MR) is 138 cm³/mol. The van der Waals surface area contributed by atoms with Crippen molar-refractivity contribution in [3.63, 3.8) is 0 Å². The van der Waals surface area contributed by atoms with Crippen LogP contribution < -0.4 is 10.6 Å². The number of para-hydroxylation sites is 2. The second-order valence-electron chi connectivity index (χ2n) is 8.93. The fraction of sp³-hybridized carbons (Fsp3) is 0.385. The van der Waals surface area contributed by atoms with E-state index >= 15 is 0 Å². The van der Waals surface area contributed by atoms with E-state index in [2.05, 4.69) is 11.5 Å². The van der Waals surface area contributed by atoms with Crippen LogP contribution in [0.1, 0.15) is 33.1 Å². The van der Waals surface area contributed by atoms with Gasteiger partial charge in [0.15, 0.2) is 5.52 Å². The molecule has 0 aliphatic carbocycles. The van der Waals surface area contributed by atoms with Gasteiger partial charge in [-0.1, -0.05) is 37.8 Å². The molecule has 1 fully saturated rings. The SMILES string of the molecule is C=C(C)n1c(=O)n(CCN2CCC(N(C(=O)CC)c3ccccc3)CC2)c2cccc([N+](=O)[O-])c21. The molecule has 1 aromatic heterocycles. The van der Waals surface area contributed by atoms with Crippen LogP contribution in [-0.4, -0.2) is 50.5 Å². The molecule has 0 radical (unpaired) electrons. The number of piperidine rings is 1. The Hall–Kier alpha value is -3.72. The number of amides is 1. The van der Waals surface area contributed by atoms with Crippen molar-refractivity contribution in [1.82, 2.24) is 14.0 Å². The second-order valence-corrected chi connectivity index (χ2v) is 8.93. The fourth-order valence-corrected chi connectivity index (χ4v) is 4.96. The number of allylic oxidation sites excluding steroid dienone is 1. The average molecular weight is 478 g/mol. The molecule has 1 aliphatic heterocycles. The summed E-state index contributed by atoms with van der Waals surface area (Å²) in [6.07, 6.45) is 2.14. The van der Waals surface area contributed by atoms with E-state index in [4.69, 9.17) is 0 Å². The molecule has 4 rings (SSSR count). The molecule has 2 heterocycles. The summed E-state index contributed by atoms with van der Waals surface area (Å²) in [5.74, 6) is 0.121. The maximum Gasteiger partial charge on any atom is 0.333 e. The first-order valence-electron chi connectivity index (χ1n) is 12.0. The van der Waals surface area contributed by atoms with Gasteiger partial charge in [-0.3, -0.25) is 24.0 Å². The number of carbonyl (C=O) groups excluding carboxylic acids is 1. The Morgan fingerprint density at radius 1 is 1.11 bits per heavy atom. The van der Waals surface area contributed by atoms with Crippen molar-refractivity contribution >= 4 is 34.0 Å². The lowest BCUT2D eigenvalue weighted by Gasteiger charge is -2.38. The standard InChI is InChI=1S/C26H31N5O4/c1-4-24(32)30(20-9-6-5-7-10-20)21-13-15-27(16-14-21)17-18-28-22-11-8-12-23(31(34)35)25(22)29(19(2)3)26(28)33/h5-12,21H,2,4,13-18H2,1,3H3. The molecule has 0 bridgehead atoms. The first-order valence-corrected chi connectivity index (χ1v) is 12.0. The van der Waals surface area contributed by atoms with Gasteiger partial charge in [0.05, 0.1) is 10.4 Å². The number of anilines is 1. The third-order valence-corrected chi connectivity index (χ3v) is 6.68. The number of non-ortho nitro benzene ring substituents is 1. The Kier molecular flexibility index (Phi) is 7.16. The van der Waals surface area contributed by atoms with Crippen molar-refractivity contribution in [3.05, 3.63) is 75.7 Å². The van der Waals surface area contributed by atoms with E-state index in [-0.39, 0.29) is 28.8 Å². The third kappa shape index (κ3) is 4.77. The number of carbonyl (C=O) groups is 1. The van der Waals surface area contributed by atoms with E-state index in [1.165, 1.54) is 10.6 Å². The van der Waals surface area contributed by atoms with Crippen molar-refractivity contribution in [2.24, 2.45) is 0 Å². The Balaban J connectivity index is 1.50. The van der Waals surface area contributed by atoms with Crippen LogP contribution in [0.5, 0.6) is 0 Å². The zero-order chi connectivity index (χ0) is 25.1. The van der Waals surface area contributed by atoms with E-state index in [0.717, 1.165) is 31.6 Å². The lowest BCUT2D eigenvalue weighted by molar-refractivity contribution is -0.383. The van der Waals surface area contributed by atoms with Gasteiger partial charge in [-0.15, -0.1) is 0 Å². The molecule has 0 atom stereocenters. The van der Waals surface area contributed by atoms with Crippen LogP contribution in [-0.2, 0) is 11.3 Å². The van der Waals surface area contributed by atoms with Gasteiger partial charge in [-0.05, 0) is 38.0 Å². The van der Waals surface area contributed by atoms with Crippen LogP contribution in [0.3, 0.4) is 0 Å². The number of aromatic nitrogens is 2. The Morgan fingerprint density at radius 3 is 2.40 bits per heavy atom. The van der Waals surface area contributed by atoms with Crippen LogP contribution in [0.4, 0.5) is 11.4 Å². The summed E-state index contributed by atoms with van der Waals surface area (Å²) in [4.78, 5) is 41.2. The number of hydrogen-bond acceptors (Lipinski definition) is 5. The summed E-state index contributed by atoms with van der Waals surface area (Å²) in [6, 6.07) is 14.7. The highest BCUT2D eigenvalue weighted by Crippen LogP contribution is 2.27. The predicted octanol–water partition coefficient (Wildman–Crippen LogP) is 4.11. The van der Waals surface area contributed by atoms with Gasteiger partial charge >= 0.3 is 5.69 Å². The number of fused-ring (bicyclic) bond motifs is 1. The Labute approximate surface area is 204 Å². The van der Waals surface area contributed by atoms with Crippen molar-refractivity contribution in [1.29, 1.82) is 0 Å². The molecule has 9 heteroatoms.